The van der Waals surface area contributed by atoms with Crippen LogP contribution in [0.1, 0.15) is 36.0 Å². The van der Waals surface area contributed by atoms with Crippen molar-refractivity contribution in [2.75, 3.05) is 20.2 Å². The molecule has 37 heavy (non-hydrogen) atoms. The summed E-state index contributed by atoms with van der Waals surface area (Å²) in [5.41, 5.74) is 2.11. The Morgan fingerprint density at radius 1 is 1.16 bits per heavy atom. The third-order valence-corrected chi connectivity index (χ3v) is 7.95. The van der Waals surface area contributed by atoms with Crippen molar-refractivity contribution in [3.05, 3.63) is 42.1 Å². The molecule has 0 N–H and O–H groups in total. The van der Waals surface area contributed by atoms with Crippen molar-refractivity contribution < 1.29 is 22.7 Å². The smallest absolute Gasteiger partial charge is 0.406 e. The highest BCUT2D eigenvalue weighted by Gasteiger charge is 2.35. The number of aryl methyl sites for hydroxylation is 1. The number of nitrogens with zero attached hydrogens (tertiary/aromatic N) is 5. The molecule has 1 amide bonds. The van der Waals surface area contributed by atoms with Crippen molar-refractivity contribution in [2.45, 2.75) is 38.4 Å². The largest absolute Gasteiger partial charge is 0.494 e. The van der Waals surface area contributed by atoms with Gasteiger partial charge < -0.3 is 18.8 Å². The molecule has 1 saturated heterocycles. The van der Waals surface area contributed by atoms with E-state index in [0.717, 1.165) is 30.0 Å². The van der Waals surface area contributed by atoms with Gasteiger partial charge in [-0.25, -0.2) is 9.97 Å². The van der Waals surface area contributed by atoms with Crippen LogP contribution in [-0.4, -0.2) is 56.3 Å². The highest BCUT2D eigenvalue weighted by molar-refractivity contribution is 6.00. The molecule has 2 atom stereocenters. The lowest BCUT2D eigenvalue weighted by Crippen LogP contribution is -2.42. The van der Waals surface area contributed by atoms with Crippen LogP contribution >= 0.6 is 0 Å². The molecule has 2 aliphatic rings. The molecule has 6 rings (SSSR count). The quantitative estimate of drug-likeness (QED) is 0.367. The molecule has 3 aromatic heterocycles. The molecule has 2 unspecified atom stereocenters. The van der Waals surface area contributed by atoms with Gasteiger partial charge in [-0.1, -0.05) is 12.8 Å². The predicted molar refractivity (Wildman–Crippen MR) is 133 cm³/mol. The Morgan fingerprint density at radius 3 is 2.76 bits per heavy atom. The second kappa shape index (κ2) is 8.78. The van der Waals surface area contributed by atoms with E-state index >= 15 is 0 Å². The summed E-state index contributed by atoms with van der Waals surface area (Å²) in [6.45, 7) is 0.310. The third-order valence-electron chi connectivity index (χ3n) is 7.95. The fraction of sp³-hybridized carbons (Fsp3) is 0.444. The lowest BCUT2D eigenvalue weighted by atomic mass is 9.88. The lowest BCUT2D eigenvalue weighted by Gasteiger charge is -2.35. The summed E-state index contributed by atoms with van der Waals surface area (Å²) in [6.07, 6.45) is 1.72. The number of methoxy groups -OCH3 is 1. The fourth-order valence-corrected chi connectivity index (χ4v) is 6.23. The number of carbonyl (C=O) groups is 1. The van der Waals surface area contributed by atoms with Gasteiger partial charge in [-0.2, -0.15) is 13.2 Å². The van der Waals surface area contributed by atoms with E-state index in [0.29, 0.717) is 45.2 Å². The van der Waals surface area contributed by atoms with Crippen molar-refractivity contribution in [1.82, 2.24) is 24.0 Å². The molecule has 0 bridgehead atoms. The van der Waals surface area contributed by atoms with Crippen LogP contribution in [0.5, 0.6) is 5.75 Å². The summed E-state index contributed by atoms with van der Waals surface area (Å²) in [6, 6.07) is 8.52. The number of rotatable bonds is 4. The first-order chi connectivity index (χ1) is 17.7. The number of fused-ring (bicyclic) bond motifs is 3. The Kier molecular flexibility index (Phi) is 5.65. The number of carbonyl (C=O) groups excluding carboxylic acids is 1. The number of amides is 1. The molecule has 1 saturated carbocycles. The van der Waals surface area contributed by atoms with E-state index in [1.165, 1.54) is 32.6 Å². The minimum atomic E-state index is -4.44. The van der Waals surface area contributed by atoms with Crippen LogP contribution in [0, 0.1) is 11.8 Å². The number of ether oxygens (including phenoxy) is 1. The number of likely N-dealkylation sites (tertiary alicyclic amines) is 1. The minimum absolute atomic E-state index is 0.0619. The minimum Gasteiger partial charge on any atom is -0.494 e. The number of benzene rings is 1. The first-order valence-electron chi connectivity index (χ1n) is 12.6. The zero-order valence-corrected chi connectivity index (χ0v) is 20.8. The number of pyridine rings is 1. The van der Waals surface area contributed by atoms with Gasteiger partial charge in [-0.3, -0.25) is 4.79 Å². The Labute approximate surface area is 211 Å². The fourth-order valence-electron chi connectivity index (χ4n) is 6.23. The first kappa shape index (κ1) is 23.8. The Bertz CT molecular complexity index is 1510. The molecule has 2 fully saturated rings. The highest BCUT2D eigenvalue weighted by Crippen LogP contribution is 2.39. The number of aromatic nitrogens is 4. The standard InChI is InChI=1S/C27H28F3N5O2/c1-33-23-20(32-25(33)21-12-17-7-4-9-31-24(17)35(21)15-27(28,29)30)11-19(13-22(23)37-2)26(36)34-10-8-16-5-3-6-18(16)14-34/h4,7,9,11-13,16,18H,3,5-6,8,10,14-15H2,1-2H3. The topological polar surface area (TPSA) is 65.2 Å². The van der Waals surface area contributed by atoms with Gasteiger partial charge in [0.2, 0.25) is 0 Å². The van der Waals surface area contributed by atoms with Crippen LogP contribution in [-0.2, 0) is 13.6 Å². The Morgan fingerprint density at radius 2 is 1.97 bits per heavy atom. The average Bonchev–Trinajstić information content (AvgIpc) is 3.57. The number of imidazole rings is 1. The van der Waals surface area contributed by atoms with E-state index in [1.54, 1.807) is 41.9 Å². The monoisotopic (exact) mass is 511 g/mol. The van der Waals surface area contributed by atoms with E-state index < -0.39 is 12.7 Å². The summed E-state index contributed by atoms with van der Waals surface area (Å²) in [5, 5.41) is 0.590. The predicted octanol–water partition coefficient (Wildman–Crippen LogP) is 5.42. The van der Waals surface area contributed by atoms with E-state index in [1.807, 2.05) is 4.90 Å². The van der Waals surface area contributed by atoms with Crippen LogP contribution in [0.15, 0.2) is 36.5 Å². The zero-order valence-electron chi connectivity index (χ0n) is 20.8. The van der Waals surface area contributed by atoms with Crippen molar-refractivity contribution in [3.63, 3.8) is 0 Å². The third kappa shape index (κ3) is 4.12. The average molecular weight is 512 g/mol. The molecule has 7 nitrogen and oxygen atoms in total. The van der Waals surface area contributed by atoms with Crippen LogP contribution in [0.2, 0.25) is 0 Å². The molecule has 10 heteroatoms. The van der Waals surface area contributed by atoms with Crippen molar-refractivity contribution in [3.8, 4) is 17.3 Å². The molecule has 1 aliphatic heterocycles. The number of hydrogen-bond acceptors (Lipinski definition) is 4. The van der Waals surface area contributed by atoms with Crippen LogP contribution in [0.25, 0.3) is 33.6 Å². The summed E-state index contributed by atoms with van der Waals surface area (Å²) in [7, 11) is 3.26. The van der Waals surface area contributed by atoms with Crippen LogP contribution in [0.3, 0.4) is 0 Å². The molecule has 194 valence electrons. The number of piperidine rings is 1. The van der Waals surface area contributed by atoms with Crippen molar-refractivity contribution in [2.24, 2.45) is 18.9 Å². The van der Waals surface area contributed by atoms with Gasteiger partial charge in [0.25, 0.3) is 5.91 Å². The Hall–Kier alpha value is -3.56. The Balaban J connectivity index is 1.44. The zero-order chi connectivity index (χ0) is 25.9. The lowest BCUT2D eigenvalue weighted by molar-refractivity contribution is -0.139. The van der Waals surface area contributed by atoms with Gasteiger partial charge in [0, 0.05) is 37.3 Å². The van der Waals surface area contributed by atoms with Gasteiger partial charge in [0.15, 0.2) is 5.82 Å². The molecule has 0 radical (unpaired) electrons. The molecular formula is C27H28F3N5O2. The second-order valence-electron chi connectivity index (χ2n) is 10.2. The van der Waals surface area contributed by atoms with Crippen molar-refractivity contribution in [1.29, 1.82) is 0 Å². The van der Waals surface area contributed by atoms with Gasteiger partial charge in [0.05, 0.1) is 18.3 Å². The van der Waals surface area contributed by atoms with Gasteiger partial charge >= 0.3 is 6.18 Å². The van der Waals surface area contributed by atoms with Crippen LogP contribution < -0.4 is 4.74 Å². The maximum Gasteiger partial charge on any atom is 0.406 e. The maximum atomic E-state index is 13.5. The second-order valence-corrected chi connectivity index (χ2v) is 10.2. The summed E-state index contributed by atoms with van der Waals surface area (Å²) in [5.74, 6) is 2.01. The molecule has 4 aromatic rings. The van der Waals surface area contributed by atoms with E-state index in [4.69, 9.17) is 9.72 Å². The van der Waals surface area contributed by atoms with Crippen molar-refractivity contribution >= 4 is 28.0 Å². The SMILES string of the molecule is COc1cc(C(=O)N2CCC3CCCC3C2)cc2nc(-c3cc4cccnc4n3CC(F)(F)F)n(C)c12. The highest BCUT2D eigenvalue weighted by atomic mass is 19.4. The molecule has 1 aliphatic carbocycles. The summed E-state index contributed by atoms with van der Waals surface area (Å²) >= 11 is 0. The van der Waals surface area contributed by atoms with E-state index in [9.17, 15) is 18.0 Å². The molecule has 1 aromatic carbocycles. The van der Waals surface area contributed by atoms with Gasteiger partial charge in [-0.05, 0) is 55.0 Å². The van der Waals surface area contributed by atoms with Crippen LogP contribution in [0.4, 0.5) is 13.2 Å². The van der Waals surface area contributed by atoms with E-state index in [2.05, 4.69) is 4.98 Å². The maximum absolute atomic E-state index is 13.5. The summed E-state index contributed by atoms with van der Waals surface area (Å²) < 4.78 is 49.1. The normalized spacial score (nSPS) is 20.1. The number of halogens is 3. The van der Waals surface area contributed by atoms with Gasteiger partial charge in [0.1, 0.15) is 23.5 Å². The molecule has 0 spiro atoms. The number of alkyl halides is 3. The van der Waals surface area contributed by atoms with Gasteiger partial charge in [-0.15, -0.1) is 0 Å². The molecule has 4 heterocycles. The first-order valence-corrected chi connectivity index (χ1v) is 12.6. The molecular weight excluding hydrogens is 483 g/mol. The number of hydrogen-bond donors (Lipinski definition) is 0. The summed E-state index contributed by atoms with van der Waals surface area (Å²) in [4.78, 5) is 24.3. The van der Waals surface area contributed by atoms with E-state index in [-0.39, 0.29) is 11.6 Å².